The molecule has 0 saturated carbocycles. The Labute approximate surface area is 129 Å². The molecule has 2 N–H and O–H groups in total. The molecule has 0 spiro atoms. The largest absolute Gasteiger partial charge is 0.326 e. The summed E-state index contributed by atoms with van der Waals surface area (Å²) in [5.74, 6) is 1.19. The van der Waals surface area contributed by atoms with Crippen molar-refractivity contribution in [3.8, 4) is 0 Å². The van der Waals surface area contributed by atoms with Crippen LogP contribution in [-0.4, -0.2) is 34.5 Å². The molecule has 1 aliphatic heterocycles. The molecule has 1 saturated heterocycles. The van der Waals surface area contributed by atoms with Crippen molar-refractivity contribution in [2.24, 2.45) is 5.73 Å². The minimum Gasteiger partial charge on any atom is -0.326 e. The highest BCUT2D eigenvalue weighted by molar-refractivity contribution is 8.00. The molecular weight excluding hydrogens is 296 g/mol. The summed E-state index contributed by atoms with van der Waals surface area (Å²) in [7, 11) is 0. The summed E-state index contributed by atoms with van der Waals surface area (Å²) >= 11 is 9.85. The van der Waals surface area contributed by atoms with Crippen molar-refractivity contribution >= 4 is 34.7 Å². The molecule has 0 aromatic carbocycles. The predicted octanol–water partition coefficient (Wildman–Crippen LogP) is 4.01. The molecule has 19 heavy (non-hydrogen) atoms. The Balaban J connectivity index is 2.27. The third-order valence-corrected chi connectivity index (χ3v) is 6.69. The van der Waals surface area contributed by atoms with Crippen LogP contribution in [0, 0.1) is 0 Å². The first-order chi connectivity index (χ1) is 9.04. The van der Waals surface area contributed by atoms with Gasteiger partial charge in [0.1, 0.15) is 0 Å². The van der Waals surface area contributed by atoms with Gasteiger partial charge in [-0.05, 0) is 25.5 Å². The topological polar surface area (TPSA) is 29.3 Å². The van der Waals surface area contributed by atoms with Gasteiger partial charge in [-0.3, -0.25) is 4.90 Å². The van der Waals surface area contributed by atoms with Gasteiger partial charge in [-0.15, -0.1) is 11.3 Å². The number of thiophene rings is 1. The molecular formula is C14H23ClN2S2. The fourth-order valence-electron chi connectivity index (χ4n) is 2.68. The lowest BCUT2D eigenvalue weighted by molar-refractivity contribution is 0.127. The van der Waals surface area contributed by atoms with Crippen molar-refractivity contribution < 1.29 is 0 Å². The Kier molecular flexibility index (Phi) is 5.61. The maximum atomic E-state index is 6.41. The van der Waals surface area contributed by atoms with E-state index in [2.05, 4.69) is 43.5 Å². The monoisotopic (exact) mass is 318 g/mol. The molecule has 0 radical (unpaired) electrons. The van der Waals surface area contributed by atoms with Crippen molar-refractivity contribution in [1.82, 2.24) is 4.90 Å². The first kappa shape index (κ1) is 15.6. The highest BCUT2D eigenvalue weighted by atomic mass is 35.5. The van der Waals surface area contributed by atoms with Crippen LogP contribution in [0.3, 0.4) is 0 Å². The van der Waals surface area contributed by atoms with Crippen LogP contribution in [0.2, 0.25) is 4.34 Å². The van der Waals surface area contributed by atoms with Crippen molar-refractivity contribution in [3.63, 3.8) is 0 Å². The zero-order valence-electron chi connectivity index (χ0n) is 11.8. The van der Waals surface area contributed by atoms with Gasteiger partial charge >= 0.3 is 0 Å². The Bertz CT molecular complexity index is 410. The minimum atomic E-state index is 0.174. The normalized spacial score (nSPS) is 28.3. The number of rotatable bonds is 4. The summed E-state index contributed by atoms with van der Waals surface area (Å²) in [6.45, 7) is 7.92. The maximum absolute atomic E-state index is 6.41. The van der Waals surface area contributed by atoms with E-state index in [0.29, 0.717) is 17.3 Å². The highest BCUT2D eigenvalue weighted by Gasteiger charge is 2.34. The highest BCUT2D eigenvalue weighted by Crippen LogP contribution is 2.37. The first-order valence-corrected chi connectivity index (χ1v) is 9.17. The summed E-state index contributed by atoms with van der Waals surface area (Å²) in [5.41, 5.74) is 6.41. The lowest BCUT2D eigenvalue weighted by Gasteiger charge is -2.44. The van der Waals surface area contributed by atoms with E-state index in [4.69, 9.17) is 17.3 Å². The SMILES string of the molecule is CCC(N)C(c1ccc(Cl)s1)N1CCSC(C)C1C. The number of hydrogen-bond acceptors (Lipinski definition) is 4. The fourth-order valence-corrected chi connectivity index (χ4v) is 5.06. The fraction of sp³-hybridized carbons (Fsp3) is 0.714. The molecule has 1 aliphatic rings. The van der Waals surface area contributed by atoms with Gasteiger partial charge in [0.25, 0.3) is 0 Å². The molecule has 1 aromatic rings. The molecule has 1 aromatic heterocycles. The molecule has 2 heterocycles. The van der Waals surface area contributed by atoms with Gasteiger partial charge < -0.3 is 5.73 Å². The van der Waals surface area contributed by atoms with E-state index < -0.39 is 0 Å². The molecule has 0 bridgehead atoms. The Hall–Kier alpha value is 0.260. The van der Waals surface area contributed by atoms with E-state index in [1.165, 1.54) is 10.6 Å². The number of nitrogens with two attached hydrogens (primary N) is 1. The maximum Gasteiger partial charge on any atom is 0.0931 e. The summed E-state index contributed by atoms with van der Waals surface area (Å²) in [4.78, 5) is 3.89. The van der Waals surface area contributed by atoms with Crippen molar-refractivity contribution in [2.75, 3.05) is 12.3 Å². The van der Waals surface area contributed by atoms with Crippen LogP contribution in [0.15, 0.2) is 12.1 Å². The molecule has 0 aliphatic carbocycles. The smallest absolute Gasteiger partial charge is 0.0931 e. The van der Waals surface area contributed by atoms with Gasteiger partial charge in [-0.25, -0.2) is 0 Å². The molecule has 4 atom stereocenters. The van der Waals surface area contributed by atoms with Crippen LogP contribution in [0.25, 0.3) is 0 Å². The number of thioether (sulfide) groups is 1. The molecule has 1 fully saturated rings. The lowest BCUT2D eigenvalue weighted by atomic mass is 10.00. The Morgan fingerprint density at radius 2 is 2.21 bits per heavy atom. The van der Waals surface area contributed by atoms with Gasteiger partial charge in [0, 0.05) is 34.5 Å². The standard InChI is InChI=1S/C14H23ClN2S2/c1-4-11(16)14(12-5-6-13(15)19-12)17-7-8-18-10(3)9(17)2/h5-6,9-11,14H,4,7-8,16H2,1-3H3. The van der Waals surface area contributed by atoms with Gasteiger partial charge in [0.2, 0.25) is 0 Å². The zero-order valence-corrected chi connectivity index (χ0v) is 14.2. The second-order valence-electron chi connectivity index (χ2n) is 5.21. The van der Waals surface area contributed by atoms with Crippen molar-refractivity contribution in [2.45, 2.75) is 50.6 Å². The van der Waals surface area contributed by atoms with Crippen LogP contribution < -0.4 is 5.73 Å². The predicted molar refractivity (Wildman–Crippen MR) is 88.4 cm³/mol. The quantitative estimate of drug-likeness (QED) is 0.909. The van der Waals surface area contributed by atoms with Crippen LogP contribution >= 0.6 is 34.7 Å². The summed E-state index contributed by atoms with van der Waals surface area (Å²) in [6, 6.07) is 5.17. The Morgan fingerprint density at radius 3 is 2.79 bits per heavy atom. The van der Waals surface area contributed by atoms with E-state index in [1.54, 1.807) is 11.3 Å². The average Bonchev–Trinajstić information content (AvgIpc) is 2.81. The molecule has 108 valence electrons. The summed E-state index contributed by atoms with van der Waals surface area (Å²) < 4.78 is 0.857. The van der Waals surface area contributed by atoms with Crippen molar-refractivity contribution in [3.05, 3.63) is 21.3 Å². The molecule has 0 amide bonds. The van der Waals surface area contributed by atoms with Crippen LogP contribution in [-0.2, 0) is 0 Å². The van der Waals surface area contributed by atoms with E-state index >= 15 is 0 Å². The van der Waals surface area contributed by atoms with Gasteiger partial charge in [-0.2, -0.15) is 11.8 Å². The van der Waals surface area contributed by atoms with Crippen LogP contribution in [0.5, 0.6) is 0 Å². The number of halogens is 1. The van der Waals surface area contributed by atoms with E-state index in [1.807, 2.05) is 6.07 Å². The first-order valence-electron chi connectivity index (χ1n) is 6.92. The molecule has 2 rings (SSSR count). The van der Waals surface area contributed by atoms with Gasteiger partial charge in [-0.1, -0.05) is 25.4 Å². The summed E-state index contributed by atoms with van der Waals surface area (Å²) in [5, 5.41) is 0.663. The van der Waals surface area contributed by atoms with E-state index in [0.717, 1.165) is 17.3 Å². The zero-order chi connectivity index (χ0) is 14.0. The lowest BCUT2D eigenvalue weighted by Crippen LogP contribution is -2.51. The van der Waals surface area contributed by atoms with Crippen LogP contribution in [0.4, 0.5) is 0 Å². The average molecular weight is 319 g/mol. The third-order valence-electron chi connectivity index (χ3n) is 4.05. The third kappa shape index (κ3) is 3.48. The number of hydrogen-bond donors (Lipinski definition) is 1. The number of nitrogens with zero attached hydrogens (tertiary/aromatic N) is 1. The Morgan fingerprint density at radius 1 is 1.47 bits per heavy atom. The molecule has 2 nitrogen and oxygen atoms in total. The van der Waals surface area contributed by atoms with Crippen molar-refractivity contribution in [1.29, 1.82) is 0 Å². The molecule has 4 unspecified atom stereocenters. The van der Waals surface area contributed by atoms with E-state index in [9.17, 15) is 0 Å². The second-order valence-corrected chi connectivity index (χ2v) is 8.44. The van der Waals surface area contributed by atoms with Gasteiger partial charge in [0.15, 0.2) is 0 Å². The van der Waals surface area contributed by atoms with Gasteiger partial charge in [0.05, 0.1) is 10.4 Å². The second kappa shape index (κ2) is 6.81. The van der Waals surface area contributed by atoms with E-state index in [-0.39, 0.29) is 6.04 Å². The van der Waals surface area contributed by atoms with Crippen LogP contribution in [0.1, 0.15) is 38.1 Å². The summed E-state index contributed by atoms with van der Waals surface area (Å²) in [6.07, 6.45) is 0.991. The molecule has 5 heteroatoms. The minimum absolute atomic E-state index is 0.174.